The second-order valence-electron chi connectivity index (χ2n) is 6.32. The van der Waals surface area contributed by atoms with Crippen LogP contribution < -0.4 is 5.32 Å². The van der Waals surface area contributed by atoms with Crippen LogP contribution in [0.3, 0.4) is 0 Å². The molecule has 26 heavy (non-hydrogen) atoms. The number of pyridine rings is 1. The van der Waals surface area contributed by atoms with Crippen LogP contribution in [0.25, 0.3) is 0 Å². The number of carbonyl (C=O) groups is 1. The quantitative estimate of drug-likeness (QED) is 0.767. The van der Waals surface area contributed by atoms with Gasteiger partial charge in [-0.3, -0.25) is 14.6 Å². The normalized spacial score (nSPS) is 15.8. The Morgan fingerprint density at radius 1 is 1.00 bits per heavy atom. The zero-order valence-corrected chi connectivity index (χ0v) is 16.0. The van der Waals surface area contributed by atoms with Crippen molar-refractivity contribution in [1.29, 1.82) is 0 Å². The molecule has 138 valence electrons. The molecule has 0 unspecified atom stereocenters. The number of piperazine rings is 1. The lowest BCUT2D eigenvalue weighted by molar-refractivity contribution is 0.0929. The Kier molecular flexibility index (Phi) is 6.86. The second-order valence-corrected chi connectivity index (χ2v) is 7.12. The molecule has 0 aliphatic carbocycles. The van der Waals surface area contributed by atoms with E-state index < -0.39 is 0 Å². The largest absolute Gasteiger partial charge is 0.349 e. The summed E-state index contributed by atoms with van der Waals surface area (Å²) in [7, 11) is 0. The Bertz CT molecular complexity index is 734. The third-order valence-electron chi connectivity index (χ3n) is 4.45. The summed E-state index contributed by atoms with van der Waals surface area (Å²) in [5.41, 5.74) is 1.52. The number of nitrogens with zero attached hydrogens (tertiary/aromatic N) is 3. The van der Waals surface area contributed by atoms with E-state index in [1.54, 1.807) is 12.1 Å². The molecule has 0 atom stereocenters. The minimum absolute atomic E-state index is 0.173. The van der Waals surface area contributed by atoms with Crippen LogP contribution in [0.15, 0.2) is 42.5 Å². The summed E-state index contributed by atoms with van der Waals surface area (Å²) in [5.74, 6) is -0.291. The van der Waals surface area contributed by atoms with Gasteiger partial charge in [0.15, 0.2) is 0 Å². The van der Waals surface area contributed by atoms with Crippen molar-refractivity contribution < 1.29 is 4.79 Å². The summed E-state index contributed by atoms with van der Waals surface area (Å²) in [6, 6.07) is 13.7. The standard InChI is InChI=1S/C19H22Cl2N4O/c20-16-6-7-17(21)23-18(16)19(26)22-8-9-24-10-12-25(13-11-24)14-15-4-2-1-3-5-15/h1-7H,8-14H2,(H,22,26). The number of rotatable bonds is 6. The van der Waals surface area contributed by atoms with E-state index in [1.165, 1.54) is 5.56 Å². The topological polar surface area (TPSA) is 48.5 Å². The molecule has 1 amide bonds. The van der Waals surface area contributed by atoms with Gasteiger partial charge in [-0.25, -0.2) is 4.98 Å². The second kappa shape index (κ2) is 9.33. The van der Waals surface area contributed by atoms with Gasteiger partial charge in [0.05, 0.1) is 5.02 Å². The van der Waals surface area contributed by atoms with Crippen molar-refractivity contribution in [3.8, 4) is 0 Å². The van der Waals surface area contributed by atoms with Crippen molar-refractivity contribution in [2.24, 2.45) is 0 Å². The van der Waals surface area contributed by atoms with Crippen LogP contribution >= 0.6 is 23.2 Å². The summed E-state index contributed by atoms with van der Waals surface area (Å²) in [5, 5.41) is 3.43. The van der Waals surface area contributed by atoms with Crippen LogP contribution in [0.4, 0.5) is 0 Å². The van der Waals surface area contributed by atoms with E-state index in [0.29, 0.717) is 11.6 Å². The molecular formula is C19H22Cl2N4O. The Morgan fingerprint density at radius 3 is 2.42 bits per heavy atom. The maximum Gasteiger partial charge on any atom is 0.271 e. The SMILES string of the molecule is O=C(NCCN1CCN(Cc2ccccc2)CC1)c1nc(Cl)ccc1Cl. The summed E-state index contributed by atoms with van der Waals surface area (Å²) in [6.07, 6.45) is 0. The highest BCUT2D eigenvalue weighted by molar-refractivity contribution is 6.34. The average molecular weight is 393 g/mol. The molecule has 1 aliphatic rings. The Balaban J connectivity index is 1.39. The van der Waals surface area contributed by atoms with Crippen LogP contribution in [0, 0.1) is 0 Å². The smallest absolute Gasteiger partial charge is 0.271 e. The molecule has 2 heterocycles. The molecule has 5 nitrogen and oxygen atoms in total. The van der Waals surface area contributed by atoms with Crippen molar-refractivity contribution in [2.75, 3.05) is 39.3 Å². The fraction of sp³-hybridized carbons (Fsp3) is 0.368. The van der Waals surface area contributed by atoms with Crippen molar-refractivity contribution >= 4 is 29.1 Å². The van der Waals surface area contributed by atoms with Gasteiger partial charge in [-0.05, 0) is 17.7 Å². The molecule has 1 aliphatic heterocycles. The van der Waals surface area contributed by atoms with E-state index in [9.17, 15) is 4.79 Å². The predicted molar refractivity (Wildman–Crippen MR) is 105 cm³/mol. The molecule has 7 heteroatoms. The van der Waals surface area contributed by atoms with Gasteiger partial charge in [0.1, 0.15) is 10.8 Å². The predicted octanol–water partition coefficient (Wildman–Crippen LogP) is 2.94. The van der Waals surface area contributed by atoms with Gasteiger partial charge in [0.25, 0.3) is 5.91 Å². The molecule has 3 rings (SSSR count). The fourth-order valence-corrected chi connectivity index (χ4v) is 3.34. The number of hydrogen-bond donors (Lipinski definition) is 1. The van der Waals surface area contributed by atoms with Gasteiger partial charge in [-0.1, -0.05) is 53.5 Å². The van der Waals surface area contributed by atoms with Gasteiger partial charge in [0, 0.05) is 45.8 Å². The lowest BCUT2D eigenvalue weighted by Gasteiger charge is -2.34. The van der Waals surface area contributed by atoms with Gasteiger partial charge in [-0.2, -0.15) is 0 Å². The minimum atomic E-state index is -0.291. The first-order valence-electron chi connectivity index (χ1n) is 8.71. The molecule has 0 spiro atoms. The molecular weight excluding hydrogens is 371 g/mol. The van der Waals surface area contributed by atoms with Crippen LogP contribution in [0.5, 0.6) is 0 Å². The zero-order valence-electron chi connectivity index (χ0n) is 14.5. The lowest BCUT2D eigenvalue weighted by Crippen LogP contribution is -2.48. The first-order valence-corrected chi connectivity index (χ1v) is 9.46. The Morgan fingerprint density at radius 2 is 1.69 bits per heavy atom. The van der Waals surface area contributed by atoms with Crippen LogP contribution in [-0.4, -0.2) is 60.0 Å². The first-order chi connectivity index (χ1) is 12.6. The molecule has 0 radical (unpaired) electrons. The van der Waals surface area contributed by atoms with Crippen molar-refractivity contribution in [1.82, 2.24) is 20.1 Å². The van der Waals surface area contributed by atoms with E-state index in [-0.39, 0.29) is 16.8 Å². The highest BCUT2D eigenvalue weighted by atomic mass is 35.5. The molecule has 1 saturated heterocycles. The number of halogens is 2. The molecule has 1 N–H and O–H groups in total. The third-order valence-corrected chi connectivity index (χ3v) is 4.97. The van der Waals surface area contributed by atoms with Gasteiger partial charge < -0.3 is 5.32 Å². The monoisotopic (exact) mass is 392 g/mol. The Hall–Kier alpha value is -1.66. The van der Waals surface area contributed by atoms with Crippen molar-refractivity contribution in [3.05, 3.63) is 63.9 Å². The highest BCUT2D eigenvalue weighted by Gasteiger charge is 2.17. The molecule has 0 saturated carbocycles. The van der Waals surface area contributed by atoms with E-state index in [1.807, 2.05) is 6.07 Å². The zero-order chi connectivity index (χ0) is 18.4. The van der Waals surface area contributed by atoms with Gasteiger partial charge in [-0.15, -0.1) is 0 Å². The molecule has 2 aromatic rings. The fourth-order valence-electron chi connectivity index (χ4n) is 3.00. The number of carbonyl (C=O) groups excluding carboxylic acids is 1. The van der Waals surface area contributed by atoms with Gasteiger partial charge in [0.2, 0.25) is 0 Å². The first kappa shape index (κ1) is 19.1. The highest BCUT2D eigenvalue weighted by Crippen LogP contribution is 2.16. The van der Waals surface area contributed by atoms with E-state index in [4.69, 9.17) is 23.2 Å². The van der Waals surface area contributed by atoms with E-state index >= 15 is 0 Å². The lowest BCUT2D eigenvalue weighted by atomic mass is 10.2. The van der Waals surface area contributed by atoms with Crippen molar-refractivity contribution in [3.63, 3.8) is 0 Å². The van der Waals surface area contributed by atoms with Crippen LogP contribution in [0.2, 0.25) is 10.2 Å². The number of nitrogens with one attached hydrogen (secondary N) is 1. The minimum Gasteiger partial charge on any atom is -0.349 e. The number of benzene rings is 1. The van der Waals surface area contributed by atoms with Crippen molar-refractivity contribution in [2.45, 2.75) is 6.54 Å². The van der Waals surface area contributed by atoms with E-state index in [0.717, 1.165) is 39.3 Å². The van der Waals surface area contributed by atoms with E-state index in [2.05, 4.69) is 44.4 Å². The van der Waals surface area contributed by atoms with Gasteiger partial charge >= 0.3 is 0 Å². The summed E-state index contributed by atoms with van der Waals surface area (Å²) >= 11 is 11.8. The summed E-state index contributed by atoms with van der Waals surface area (Å²) in [4.78, 5) is 21.0. The molecule has 1 aromatic heterocycles. The Labute approximate surface area is 163 Å². The molecule has 1 aromatic carbocycles. The molecule has 1 fully saturated rings. The summed E-state index contributed by atoms with van der Waals surface area (Å²) < 4.78 is 0. The van der Waals surface area contributed by atoms with Crippen LogP contribution in [-0.2, 0) is 6.54 Å². The maximum absolute atomic E-state index is 12.2. The summed E-state index contributed by atoms with van der Waals surface area (Å²) in [6.45, 7) is 6.42. The molecule has 0 bridgehead atoms. The van der Waals surface area contributed by atoms with Crippen LogP contribution in [0.1, 0.15) is 16.1 Å². The average Bonchev–Trinajstić information content (AvgIpc) is 2.66. The maximum atomic E-state index is 12.2. The number of hydrogen-bond acceptors (Lipinski definition) is 4. The number of aromatic nitrogens is 1. The number of amides is 1. The third kappa shape index (κ3) is 5.42.